The zero-order valence-corrected chi connectivity index (χ0v) is 21.6. The second kappa shape index (κ2) is 9.86. The van der Waals surface area contributed by atoms with Gasteiger partial charge in [-0.1, -0.05) is 30.3 Å². The van der Waals surface area contributed by atoms with E-state index in [4.69, 9.17) is 20.0 Å². The van der Waals surface area contributed by atoms with Crippen molar-refractivity contribution in [2.24, 2.45) is 0 Å². The molecule has 0 saturated carbocycles. The lowest BCUT2D eigenvalue weighted by atomic mass is 9.98. The van der Waals surface area contributed by atoms with Gasteiger partial charge in [0, 0.05) is 39.4 Å². The normalized spacial score (nSPS) is 11.2. The van der Waals surface area contributed by atoms with Crippen LogP contribution >= 0.6 is 11.3 Å². The third-order valence-corrected chi connectivity index (χ3v) is 7.45. The van der Waals surface area contributed by atoms with E-state index in [1.165, 1.54) is 13.2 Å². The fourth-order valence-electron chi connectivity index (χ4n) is 4.42. The highest BCUT2D eigenvalue weighted by molar-refractivity contribution is 7.21. The Morgan fingerprint density at radius 1 is 1.02 bits per heavy atom. The topological polar surface area (TPSA) is 115 Å². The molecule has 198 valence electrons. The maximum Gasteiger partial charge on any atom is 0.393 e. The van der Waals surface area contributed by atoms with Crippen LogP contribution < -0.4 is 15.2 Å². The van der Waals surface area contributed by atoms with E-state index >= 15 is 4.39 Å². The third-order valence-electron chi connectivity index (χ3n) is 6.35. The number of ketones is 1. The molecule has 40 heavy (non-hydrogen) atoms. The van der Waals surface area contributed by atoms with Crippen molar-refractivity contribution in [2.45, 2.75) is 0 Å². The molecule has 0 bridgehead atoms. The second-order valence-electron chi connectivity index (χ2n) is 8.74. The van der Waals surface area contributed by atoms with Crippen molar-refractivity contribution in [3.8, 4) is 39.8 Å². The van der Waals surface area contributed by atoms with Crippen molar-refractivity contribution >= 4 is 33.0 Å². The van der Waals surface area contributed by atoms with Crippen LogP contribution in [-0.4, -0.2) is 28.3 Å². The first-order chi connectivity index (χ1) is 19.4. The molecule has 3 heterocycles. The average molecular weight is 558 g/mol. The second-order valence-corrected chi connectivity index (χ2v) is 9.73. The molecule has 6 aromatic rings. The summed E-state index contributed by atoms with van der Waals surface area (Å²) in [6.07, 6.45) is 0. The Morgan fingerprint density at radius 2 is 1.77 bits per heavy atom. The molecular formula is C29H19F2N4O4S+. The number of aromatic hydroxyl groups is 1. The van der Waals surface area contributed by atoms with E-state index < -0.39 is 23.4 Å². The van der Waals surface area contributed by atoms with Crippen LogP contribution in [0.5, 0.6) is 11.7 Å². The summed E-state index contributed by atoms with van der Waals surface area (Å²) in [5.41, 5.74) is 8.40. The lowest BCUT2D eigenvalue weighted by molar-refractivity contribution is -0.672. The molecule has 0 radical (unpaired) electrons. The minimum atomic E-state index is -0.793. The number of hydrogen-bond donors (Lipinski definition) is 2. The quantitative estimate of drug-likeness (QED) is 0.199. The number of carbonyl (C=O) groups is 1. The van der Waals surface area contributed by atoms with Gasteiger partial charge in [0.05, 0.1) is 18.5 Å². The van der Waals surface area contributed by atoms with Crippen molar-refractivity contribution < 1.29 is 32.6 Å². The first-order valence-electron chi connectivity index (χ1n) is 11.9. The molecule has 3 aromatic heterocycles. The molecule has 0 fully saturated rings. The number of methoxy groups -OCH3 is 1. The predicted octanol–water partition coefficient (Wildman–Crippen LogP) is 5.70. The number of halogens is 2. The zero-order valence-electron chi connectivity index (χ0n) is 20.8. The highest BCUT2D eigenvalue weighted by Gasteiger charge is 2.37. The highest BCUT2D eigenvalue weighted by Crippen LogP contribution is 2.43. The molecule has 8 nitrogen and oxygen atoms in total. The number of rotatable bonds is 6. The molecule has 0 spiro atoms. The number of hydrogen-bond acceptors (Lipinski definition) is 8. The summed E-state index contributed by atoms with van der Waals surface area (Å²) in [7, 11) is 1.52. The van der Waals surface area contributed by atoms with E-state index in [0.29, 0.717) is 32.9 Å². The van der Waals surface area contributed by atoms with E-state index in [2.05, 4.69) is 5.27 Å². The number of fused-ring (bicyclic) bond motifs is 1. The number of anilines is 1. The number of pyridine rings is 1. The number of thiophene rings is 1. The molecule has 6 rings (SSSR count). The molecule has 0 aliphatic heterocycles. The summed E-state index contributed by atoms with van der Waals surface area (Å²) in [4.78, 5) is 18.9. The van der Waals surface area contributed by atoms with Gasteiger partial charge in [0.25, 0.3) is 5.78 Å². The van der Waals surface area contributed by atoms with Crippen LogP contribution in [-0.2, 0) is 0 Å². The fraction of sp³-hybridized carbons (Fsp3) is 0.0345. The Hall–Kier alpha value is -5.16. The third kappa shape index (κ3) is 4.22. The van der Waals surface area contributed by atoms with E-state index in [-0.39, 0.29) is 21.8 Å². The SMILES string of the molecule is COc1ccc(-[n+]2noc(O)c2C(=O)c2sc3nc(-c4ccccc4)cc(-c4ccc(F)cc4F)c3c2N)cc1. The van der Waals surface area contributed by atoms with Gasteiger partial charge in [-0.3, -0.25) is 9.32 Å². The number of benzene rings is 3. The molecule has 0 saturated heterocycles. The number of nitrogen functional groups attached to an aromatic ring is 1. The van der Waals surface area contributed by atoms with Gasteiger partial charge in [0.15, 0.2) is 0 Å². The summed E-state index contributed by atoms with van der Waals surface area (Å²) < 4.78 is 40.0. The van der Waals surface area contributed by atoms with Crippen LogP contribution in [0.15, 0.2) is 83.4 Å². The molecule has 0 aliphatic rings. The lowest BCUT2D eigenvalue weighted by Crippen LogP contribution is -2.38. The Balaban J connectivity index is 1.56. The maximum atomic E-state index is 15.0. The summed E-state index contributed by atoms with van der Waals surface area (Å²) in [5.74, 6) is -2.32. The Morgan fingerprint density at radius 3 is 2.48 bits per heavy atom. The number of nitrogens with zero attached hydrogens (tertiary/aromatic N) is 3. The van der Waals surface area contributed by atoms with Crippen LogP contribution in [0.1, 0.15) is 15.4 Å². The summed E-state index contributed by atoms with van der Waals surface area (Å²) in [6, 6.07) is 20.7. The molecule has 11 heteroatoms. The van der Waals surface area contributed by atoms with Crippen LogP contribution in [0.3, 0.4) is 0 Å². The van der Waals surface area contributed by atoms with Gasteiger partial charge in [-0.25, -0.2) is 13.8 Å². The van der Waals surface area contributed by atoms with Gasteiger partial charge >= 0.3 is 11.6 Å². The smallest absolute Gasteiger partial charge is 0.393 e. The number of ether oxygens (including phenoxy) is 1. The maximum absolute atomic E-state index is 15.0. The van der Waals surface area contributed by atoms with Crippen molar-refractivity contribution in [1.82, 2.24) is 10.3 Å². The van der Waals surface area contributed by atoms with Crippen molar-refractivity contribution in [3.63, 3.8) is 0 Å². The molecule has 0 unspecified atom stereocenters. The minimum Gasteiger partial charge on any atom is -0.497 e. The first kappa shape index (κ1) is 25.1. The zero-order chi connectivity index (χ0) is 28.0. The van der Waals surface area contributed by atoms with E-state index in [0.717, 1.165) is 33.7 Å². The molecule has 0 amide bonds. The van der Waals surface area contributed by atoms with Gasteiger partial charge in [0.1, 0.15) is 27.1 Å². The van der Waals surface area contributed by atoms with E-state index in [1.807, 2.05) is 30.3 Å². The Kier molecular flexibility index (Phi) is 6.20. The molecule has 0 atom stereocenters. The average Bonchev–Trinajstić information content (AvgIpc) is 3.52. The van der Waals surface area contributed by atoms with Gasteiger partial charge in [-0.05, 0) is 35.9 Å². The number of carbonyl (C=O) groups excluding carboxylic acids is 1. The van der Waals surface area contributed by atoms with Crippen molar-refractivity contribution in [3.05, 3.63) is 101 Å². The molecular weight excluding hydrogens is 538 g/mol. The molecule has 3 N–H and O–H groups in total. The van der Waals surface area contributed by atoms with Gasteiger partial charge in [-0.2, -0.15) is 0 Å². The Bertz CT molecular complexity index is 1900. The Labute approximate surface area is 229 Å². The molecule has 3 aromatic carbocycles. The van der Waals surface area contributed by atoms with Gasteiger partial charge in [0.2, 0.25) is 11.0 Å². The van der Waals surface area contributed by atoms with E-state index in [1.54, 1.807) is 30.3 Å². The first-order valence-corrected chi connectivity index (χ1v) is 12.7. The fourth-order valence-corrected chi connectivity index (χ4v) is 5.48. The number of aromatic nitrogens is 3. The van der Waals surface area contributed by atoms with E-state index in [9.17, 15) is 14.3 Å². The number of nitrogens with two attached hydrogens (primary N) is 1. The summed E-state index contributed by atoms with van der Waals surface area (Å²) in [5, 5.41) is 14.6. The largest absolute Gasteiger partial charge is 0.497 e. The predicted molar refractivity (Wildman–Crippen MR) is 145 cm³/mol. The highest BCUT2D eigenvalue weighted by atomic mass is 32.1. The van der Waals surface area contributed by atoms with Crippen LogP contribution in [0.2, 0.25) is 0 Å². The van der Waals surface area contributed by atoms with Crippen molar-refractivity contribution in [2.75, 3.05) is 12.8 Å². The van der Waals surface area contributed by atoms with Gasteiger partial charge in [-0.15, -0.1) is 11.3 Å². The summed E-state index contributed by atoms with van der Waals surface area (Å²) in [6.45, 7) is 0. The van der Waals surface area contributed by atoms with Gasteiger partial charge < -0.3 is 15.6 Å². The summed E-state index contributed by atoms with van der Waals surface area (Å²) >= 11 is 0.980. The van der Waals surface area contributed by atoms with Crippen LogP contribution in [0.4, 0.5) is 14.5 Å². The van der Waals surface area contributed by atoms with Crippen LogP contribution in [0.25, 0.3) is 38.3 Å². The monoisotopic (exact) mass is 557 g/mol. The van der Waals surface area contributed by atoms with Crippen LogP contribution in [0, 0.1) is 11.6 Å². The molecule has 0 aliphatic carbocycles. The lowest BCUT2D eigenvalue weighted by Gasteiger charge is -2.10. The van der Waals surface area contributed by atoms with Crippen molar-refractivity contribution in [1.29, 1.82) is 0 Å². The standard InChI is InChI=1S/C29H18F2N4O4S/c1-38-18-10-8-17(9-11-18)35-25(29(37)39-34-35)26(36)27-24(32)23-20(19-12-7-16(30)13-21(19)31)14-22(33-28(23)40-27)15-5-3-2-4-6-15/h2-14H,1H3,(H2-,32,34,36,37)/p+1. The minimum absolute atomic E-state index is 0.0257.